The van der Waals surface area contributed by atoms with E-state index in [-0.39, 0.29) is 29.6 Å². The van der Waals surface area contributed by atoms with Crippen LogP contribution in [0.15, 0.2) is 53.7 Å². The maximum atomic E-state index is 14.0. The number of pyridine rings is 3. The molecule has 7 heterocycles. The summed E-state index contributed by atoms with van der Waals surface area (Å²) in [5.74, 6) is 0.868. The van der Waals surface area contributed by atoms with E-state index in [1.165, 1.54) is 28.7 Å². The molecule has 3 aliphatic heterocycles. The van der Waals surface area contributed by atoms with Crippen molar-refractivity contribution in [3.8, 4) is 11.1 Å². The van der Waals surface area contributed by atoms with Crippen LogP contribution in [-0.2, 0) is 37.8 Å². The van der Waals surface area contributed by atoms with E-state index in [1.54, 1.807) is 30.4 Å². The Morgan fingerprint density at radius 2 is 1.75 bits per heavy atom. The maximum Gasteiger partial charge on any atom is 0.410 e. The topological polar surface area (TPSA) is 141 Å². The highest BCUT2D eigenvalue weighted by Crippen LogP contribution is 2.51. The van der Waals surface area contributed by atoms with Gasteiger partial charge in [0.15, 0.2) is 0 Å². The van der Waals surface area contributed by atoms with Gasteiger partial charge in [0.05, 0.1) is 18.5 Å². The van der Waals surface area contributed by atoms with Crippen molar-refractivity contribution in [1.82, 2.24) is 28.9 Å². The summed E-state index contributed by atoms with van der Waals surface area (Å²) >= 11 is 0. The van der Waals surface area contributed by atoms with Crippen molar-refractivity contribution >= 4 is 35.0 Å². The molecule has 61 heavy (non-hydrogen) atoms. The number of aliphatic hydroxyl groups excluding tert-OH is 1. The van der Waals surface area contributed by atoms with Crippen molar-refractivity contribution in [2.75, 3.05) is 54.4 Å². The lowest BCUT2D eigenvalue weighted by atomic mass is 9.60. The van der Waals surface area contributed by atoms with Gasteiger partial charge in [0, 0.05) is 94.2 Å². The van der Waals surface area contributed by atoms with E-state index in [2.05, 4.69) is 51.5 Å². The fraction of sp³-hybridized carbons (Fsp3) is 0.553. The molecule has 9 rings (SSSR count). The number of amides is 2. The highest BCUT2D eigenvalue weighted by Gasteiger charge is 2.49. The van der Waals surface area contributed by atoms with Gasteiger partial charge in [-0.2, -0.15) is 0 Å². The SMILES string of the molecule is C[C@H]1CN(C2CC3(CCN(C(=O)OC(C)(C)C)CC3)C2)CCN1c1ccc(Nc2cc(-c3ccnc(N4CCn5c(cc6c5CC(C)(C)C6)C4=O)c3CO)cn(C)c2=O)nc1. The molecule has 2 amide bonds. The molecule has 324 valence electrons. The number of aliphatic hydroxyl groups is 1. The van der Waals surface area contributed by atoms with Gasteiger partial charge in [0.2, 0.25) is 0 Å². The highest BCUT2D eigenvalue weighted by molar-refractivity contribution is 6.06. The van der Waals surface area contributed by atoms with Crippen molar-refractivity contribution in [3.63, 3.8) is 0 Å². The van der Waals surface area contributed by atoms with E-state index in [9.17, 15) is 19.5 Å². The number of anilines is 4. The molecule has 1 atom stereocenters. The zero-order valence-electron chi connectivity index (χ0n) is 36.8. The number of hydrogen-bond acceptors (Lipinski definition) is 10. The van der Waals surface area contributed by atoms with Crippen molar-refractivity contribution in [2.45, 2.75) is 111 Å². The Morgan fingerprint density at radius 3 is 2.44 bits per heavy atom. The number of aromatic nitrogens is 4. The molecule has 14 nitrogen and oxygen atoms in total. The molecule has 0 radical (unpaired) electrons. The average Bonchev–Trinajstić information content (AvgIpc) is 3.70. The van der Waals surface area contributed by atoms with Gasteiger partial charge in [0.1, 0.15) is 28.6 Å². The molecule has 1 saturated carbocycles. The van der Waals surface area contributed by atoms with Crippen LogP contribution in [0, 0.1) is 10.8 Å². The fourth-order valence-corrected chi connectivity index (χ4v) is 10.8. The molecule has 2 saturated heterocycles. The van der Waals surface area contributed by atoms with Gasteiger partial charge in [0.25, 0.3) is 11.5 Å². The third-order valence-electron chi connectivity index (χ3n) is 13.9. The summed E-state index contributed by atoms with van der Waals surface area (Å²) < 4.78 is 9.31. The Bertz CT molecular complexity index is 2400. The van der Waals surface area contributed by atoms with Crippen LogP contribution in [0.2, 0.25) is 0 Å². The number of piperidine rings is 1. The first-order chi connectivity index (χ1) is 29.0. The molecule has 0 unspecified atom stereocenters. The number of likely N-dealkylation sites (tertiary alicyclic amines) is 1. The molecule has 4 aromatic rings. The molecule has 14 heteroatoms. The van der Waals surface area contributed by atoms with E-state index in [0.717, 1.165) is 64.1 Å². The number of aryl methyl sites for hydroxylation is 1. The number of hydrogen-bond donors (Lipinski definition) is 2. The van der Waals surface area contributed by atoms with Gasteiger partial charge in [-0.15, -0.1) is 0 Å². The second kappa shape index (κ2) is 15.3. The Balaban J connectivity index is 0.839. The Labute approximate surface area is 358 Å². The number of ether oxygens (including phenoxy) is 1. The molecule has 3 fully saturated rings. The molecule has 0 bridgehead atoms. The summed E-state index contributed by atoms with van der Waals surface area (Å²) in [6, 6.07) is 10.5. The molecule has 4 aromatic heterocycles. The zero-order chi connectivity index (χ0) is 43.0. The van der Waals surface area contributed by atoms with Crippen LogP contribution in [0.25, 0.3) is 11.1 Å². The smallest absolute Gasteiger partial charge is 0.410 e. The number of nitrogens with one attached hydrogen (secondary N) is 1. The first-order valence-electron chi connectivity index (χ1n) is 22.0. The monoisotopic (exact) mass is 831 g/mol. The minimum Gasteiger partial charge on any atom is -0.444 e. The molecule has 2 N–H and O–H groups in total. The van der Waals surface area contributed by atoms with Crippen LogP contribution in [0.3, 0.4) is 0 Å². The normalized spacial score (nSPS) is 21.3. The maximum absolute atomic E-state index is 14.0. The number of nitrogens with zero attached hydrogens (tertiary/aromatic N) is 8. The third kappa shape index (κ3) is 7.81. The van der Waals surface area contributed by atoms with Gasteiger partial charge in [-0.1, -0.05) is 13.8 Å². The second-order valence-electron chi connectivity index (χ2n) is 20.1. The summed E-state index contributed by atoms with van der Waals surface area (Å²) in [6.45, 7) is 17.8. The summed E-state index contributed by atoms with van der Waals surface area (Å²) in [6.07, 6.45) is 11.5. The number of piperazine rings is 1. The quantitative estimate of drug-likeness (QED) is 0.216. The zero-order valence-corrected chi connectivity index (χ0v) is 36.8. The van der Waals surface area contributed by atoms with E-state index >= 15 is 0 Å². The van der Waals surface area contributed by atoms with Crippen LogP contribution in [0.1, 0.15) is 94.5 Å². The Morgan fingerprint density at radius 1 is 0.984 bits per heavy atom. The molecular weight excluding hydrogens is 771 g/mol. The van der Waals surface area contributed by atoms with Gasteiger partial charge in [-0.05, 0) is 119 Å². The highest BCUT2D eigenvalue weighted by atomic mass is 16.6. The predicted molar refractivity (Wildman–Crippen MR) is 237 cm³/mol. The number of rotatable bonds is 7. The minimum atomic E-state index is -0.472. The lowest BCUT2D eigenvalue weighted by Crippen LogP contribution is -2.61. The average molecular weight is 832 g/mol. The minimum absolute atomic E-state index is 0.117. The van der Waals surface area contributed by atoms with E-state index < -0.39 is 5.60 Å². The molecule has 5 aliphatic rings. The van der Waals surface area contributed by atoms with E-state index in [1.807, 2.05) is 50.1 Å². The lowest BCUT2D eigenvalue weighted by Gasteiger charge is -2.57. The van der Waals surface area contributed by atoms with Crippen molar-refractivity contribution in [2.24, 2.45) is 17.9 Å². The van der Waals surface area contributed by atoms with Crippen LogP contribution >= 0.6 is 0 Å². The standard InChI is InChI=1S/C47H61N9O5/c1-30-27-53(34-23-47(24-34)11-14-52(15-12-47)44(60)61-45(2,3)4)16-17-54(30)33-8-9-40(49-26-33)50-37-20-32(28-51(7)42(37)58)35-10-13-48-41(36(35)29-57)56-19-18-55-38(43(56)59)21-31-22-46(5,6)25-39(31)55/h8-10,13,20-21,26,28,30,34,57H,11-12,14-19,22-25,27,29H2,1-7H3,(H,49,50)/t30-/m0/s1. The third-order valence-corrected chi connectivity index (χ3v) is 13.9. The number of carbonyl (C=O) groups is 2. The van der Waals surface area contributed by atoms with Crippen molar-refractivity contribution < 1.29 is 19.4 Å². The summed E-state index contributed by atoms with van der Waals surface area (Å²) in [5, 5.41) is 14.0. The Hall–Kier alpha value is -5.21. The van der Waals surface area contributed by atoms with E-state index in [0.29, 0.717) is 70.3 Å². The van der Waals surface area contributed by atoms with Crippen molar-refractivity contribution in [3.05, 3.63) is 81.8 Å². The van der Waals surface area contributed by atoms with Crippen LogP contribution in [-0.4, -0.2) is 103 Å². The fourth-order valence-electron chi connectivity index (χ4n) is 10.8. The Kier molecular flexibility index (Phi) is 10.3. The largest absolute Gasteiger partial charge is 0.444 e. The first kappa shape index (κ1) is 41.2. The summed E-state index contributed by atoms with van der Waals surface area (Å²) in [4.78, 5) is 58.0. The lowest BCUT2D eigenvalue weighted by molar-refractivity contribution is -0.0514. The van der Waals surface area contributed by atoms with E-state index in [4.69, 9.17) is 9.72 Å². The molecule has 0 aromatic carbocycles. The van der Waals surface area contributed by atoms with Crippen molar-refractivity contribution in [1.29, 1.82) is 0 Å². The second-order valence-corrected chi connectivity index (χ2v) is 20.1. The van der Waals surface area contributed by atoms with Crippen LogP contribution < -0.4 is 20.7 Å². The van der Waals surface area contributed by atoms with Gasteiger partial charge in [-0.3, -0.25) is 19.4 Å². The van der Waals surface area contributed by atoms with Gasteiger partial charge in [-0.25, -0.2) is 14.8 Å². The predicted octanol–water partition coefficient (Wildman–Crippen LogP) is 6.36. The van der Waals surface area contributed by atoms with Crippen LogP contribution in [0.5, 0.6) is 0 Å². The number of fused-ring (bicyclic) bond motifs is 3. The van der Waals surface area contributed by atoms with Crippen LogP contribution in [0.4, 0.5) is 27.8 Å². The van der Waals surface area contributed by atoms with Gasteiger partial charge < -0.3 is 34.1 Å². The number of carbonyl (C=O) groups excluding carboxylic acids is 2. The molecular formula is C47H61N9O5. The molecule has 1 spiro atoms. The summed E-state index contributed by atoms with van der Waals surface area (Å²) in [5.41, 5.74) is 6.36. The van der Waals surface area contributed by atoms with Gasteiger partial charge >= 0.3 is 6.09 Å². The first-order valence-corrected chi connectivity index (χ1v) is 22.0. The summed E-state index contributed by atoms with van der Waals surface area (Å²) in [7, 11) is 1.71. The molecule has 2 aliphatic carbocycles.